The van der Waals surface area contributed by atoms with Gasteiger partial charge in [0.2, 0.25) is 0 Å². The lowest BCUT2D eigenvalue weighted by Gasteiger charge is -2.30. The molecule has 0 saturated carbocycles. The molecule has 3 nitrogen and oxygen atoms in total. The Morgan fingerprint density at radius 2 is 2.11 bits per heavy atom. The molecular formula is C15H22N2O. The van der Waals surface area contributed by atoms with Crippen molar-refractivity contribution in [2.24, 2.45) is 5.92 Å². The Morgan fingerprint density at radius 1 is 1.39 bits per heavy atom. The van der Waals surface area contributed by atoms with Gasteiger partial charge in [-0.15, -0.1) is 0 Å². The zero-order valence-corrected chi connectivity index (χ0v) is 11.3. The normalized spacial score (nSPS) is 20.7. The predicted octanol–water partition coefficient (Wildman–Crippen LogP) is 2.28. The fourth-order valence-corrected chi connectivity index (χ4v) is 2.59. The van der Waals surface area contributed by atoms with E-state index in [9.17, 15) is 4.79 Å². The Kier molecular flexibility index (Phi) is 4.37. The minimum atomic E-state index is -0.0202. The Hall–Kier alpha value is -1.35. The summed E-state index contributed by atoms with van der Waals surface area (Å²) in [7, 11) is 1.66. The first-order chi connectivity index (χ1) is 8.69. The van der Waals surface area contributed by atoms with Gasteiger partial charge in [-0.1, -0.05) is 19.1 Å². The molecule has 0 radical (unpaired) electrons. The van der Waals surface area contributed by atoms with Crippen LogP contribution in [-0.2, 0) is 6.54 Å². The molecule has 98 valence electrons. The third-order valence-corrected chi connectivity index (χ3v) is 3.59. The number of nitrogens with zero attached hydrogens (tertiary/aromatic N) is 1. The van der Waals surface area contributed by atoms with Crippen molar-refractivity contribution in [1.29, 1.82) is 0 Å². The first-order valence-corrected chi connectivity index (χ1v) is 6.72. The first kappa shape index (κ1) is 13.1. The highest BCUT2D eigenvalue weighted by molar-refractivity contribution is 5.93. The topological polar surface area (TPSA) is 32.3 Å². The molecule has 1 heterocycles. The third-order valence-electron chi connectivity index (χ3n) is 3.59. The maximum absolute atomic E-state index is 11.4. The number of piperidine rings is 1. The van der Waals surface area contributed by atoms with Gasteiger partial charge in [0.1, 0.15) is 0 Å². The second kappa shape index (κ2) is 6.01. The van der Waals surface area contributed by atoms with Crippen molar-refractivity contribution >= 4 is 5.91 Å². The first-order valence-electron chi connectivity index (χ1n) is 6.72. The number of benzene rings is 1. The number of carbonyl (C=O) groups excluding carboxylic acids is 1. The summed E-state index contributed by atoms with van der Waals surface area (Å²) in [6, 6.07) is 7.93. The van der Waals surface area contributed by atoms with Gasteiger partial charge in [-0.3, -0.25) is 9.69 Å². The molecule has 1 atom stereocenters. The second-order valence-electron chi connectivity index (χ2n) is 5.26. The number of carbonyl (C=O) groups is 1. The van der Waals surface area contributed by atoms with E-state index in [1.165, 1.54) is 31.5 Å². The van der Waals surface area contributed by atoms with Crippen LogP contribution < -0.4 is 5.32 Å². The molecule has 0 unspecified atom stereocenters. The summed E-state index contributed by atoms with van der Waals surface area (Å²) >= 11 is 0. The molecule has 2 rings (SSSR count). The number of likely N-dealkylation sites (tertiary alicyclic amines) is 1. The molecule has 0 aliphatic carbocycles. The highest BCUT2D eigenvalue weighted by Gasteiger charge is 2.16. The standard InChI is InChI=1S/C15H22N2O/c1-12-4-3-9-17(10-12)11-13-5-7-14(8-6-13)15(18)16-2/h5-8,12H,3-4,9-11H2,1-2H3,(H,16,18)/t12-/m0/s1. The van der Waals surface area contributed by atoms with Gasteiger partial charge in [-0.2, -0.15) is 0 Å². The van der Waals surface area contributed by atoms with Crippen molar-refractivity contribution in [2.75, 3.05) is 20.1 Å². The van der Waals surface area contributed by atoms with Crippen LogP contribution in [0.25, 0.3) is 0 Å². The van der Waals surface area contributed by atoms with Gasteiger partial charge in [0.15, 0.2) is 0 Å². The Bertz CT molecular complexity index is 399. The summed E-state index contributed by atoms with van der Waals surface area (Å²) in [5, 5.41) is 2.64. The summed E-state index contributed by atoms with van der Waals surface area (Å²) < 4.78 is 0. The predicted molar refractivity (Wildman–Crippen MR) is 73.5 cm³/mol. The van der Waals surface area contributed by atoms with Crippen molar-refractivity contribution in [3.63, 3.8) is 0 Å². The molecule has 1 fully saturated rings. The molecule has 1 amide bonds. The van der Waals surface area contributed by atoms with Crippen molar-refractivity contribution in [3.8, 4) is 0 Å². The van der Waals surface area contributed by atoms with Crippen LogP contribution in [0.1, 0.15) is 35.7 Å². The fraction of sp³-hybridized carbons (Fsp3) is 0.533. The SMILES string of the molecule is CNC(=O)c1ccc(CN2CCC[C@H](C)C2)cc1. The minimum absolute atomic E-state index is 0.0202. The zero-order chi connectivity index (χ0) is 13.0. The highest BCUT2D eigenvalue weighted by atomic mass is 16.1. The van der Waals surface area contributed by atoms with E-state index in [0.717, 1.165) is 18.0 Å². The number of hydrogen-bond acceptors (Lipinski definition) is 2. The quantitative estimate of drug-likeness (QED) is 0.887. The molecule has 0 bridgehead atoms. The number of rotatable bonds is 3. The van der Waals surface area contributed by atoms with Gasteiger partial charge in [-0.25, -0.2) is 0 Å². The van der Waals surface area contributed by atoms with E-state index >= 15 is 0 Å². The van der Waals surface area contributed by atoms with Gasteiger partial charge < -0.3 is 5.32 Å². The molecule has 18 heavy (non-hydrogen) atoms. The summed E-state index contributed by atoms with van der Waals surface area (Å²) in [5.74, 6) is 0.789. The van der Waals surface area contributed by atoms with E-state index in [-0.39, 0.29) is 5.91 Å². The maximum Gasteiger partial charge on any atom is 0.251 e. The van der Waals surface area contributed by atoms with Crippen molar-refractivity contribution in [1.82, 2.24) is 10.2 Å². The smallest absolute Gasteiger partial charge is 0.251 e. The van der Waals surface area contributed by atoms with Gasteiger partial charge in [0.05, 0.1) is 0 Å². The molecule has 1 aliphatic heterocycles. The maximum atomic E-state index is 11.4. The van der Waals surface area contributed by atoms with Gasteiger partial charge in [0, 0.05) is 25.7 Å². The lowest BCUT2D eigenvalue weighted by molar-refractivity contribution is 0.0963. The molecule has 1 saturated heterocycles. The number of amides is 1. The van der Waals surface area contributed by atoms with E-state index in [1.54, 1.807) is 7.05 Å². The minimum Gasteiger partial charge on any atom is -0.355 e. The third kappa shape index (κ3) is 3.33. The fourth-order valence-electron chi connectivity index (χ4n) is 2.59. The monoisotopic (exact) mass is 246 g/mol. The van der Waals surface area contributed by atoms with Gasteiger partial charge >= 0.3 is 0 Å². The number of hydrogen-bond donors (Lipinski definition) is 1. The van der Waals surface area contributed by atoms with Gasteiger partial charge in [-0.05, 0) is 43.0 Å². The molecule has 3 heteroatoms. The van der Waals surface area contributed by atoms with E-state index in [1.807, 2.05) is 12.1 Å². The summed E-state index contributed by atoms with van der Waals surface area (Å²) in [6.07, 6.45) is 2.66. The lowest BCUT2D eigenvalue weighted by atomic mass is 9.99. The van der Waals surface area contributed by atoms with E-state index < -0.39 is 0 Å². The van der Waals surface area contributed by atoms with Crippen LogP contribution >= 0.6 is 0 Å². The summed E-state index contributed by atoms with van der Waals surface area (Å²) in [5.41, 5.74) is 2.02. The van der Waals surface area contributed by atoms with Crippen molar-refractivity contribution in [2.45, 2.75) is 26.3 Å². The van der Waals surface area contributed by atoms with E-state index in [2.05, 4.69) is 29.3 Å². The van der Waals surface area contributed by atoms with E-state index in [0.29, 0.717) is 0 Å². The molecule has 1 aliphatic rings. The summed E-state index contributed by atoms with van der Waals surface area (Å²) in [4.78, 5) is 13.9. The zero-order valence-electron chi connectivity index (χ0n) is 11.3. The molecule has 1 aromatic rings. The largest absolute Gasteiger partial charge is 0.355 e. The van der Waals surface area contributed by atoms with Crippen LogP contribution in [0.3, 0.4) is 0 Å². The van der Waals surface area contributed by atoms with Crippen LogP contribution in [0.5, 0.6) is 0 Å². The van der Waals surface area contributed by atoms with Crippen LogP contribution in [0, 0.1) is 5.92 Å². The molecule has 1 aromatic carbocycles. The van der Waals surface area contributed by atoms with E-state index in [4.69, 9.17) is 0 Å². The Labute approximate surface area is 109 Å². The summed E-state index contributed by atoms with van der Waals surface area (Å²) in [6.45, 7) is 5.71. The molecule has 0 spiro atoms. The highest BCUT2D eigenvalue weighted by Crippen LogP contribution is 2.18. The van der Waals surface area contributed by atoms with Crippen molar-refractivity contribution < 1.29 is 4.79 Å². The average molecular weight is 246 g/mol. The van der Waals surface area contributed by atoms with Crippen LogP contribution in [-0.4, -0.2) is 30.9 Å². The van der Waals surface area contributed by atoms with Crippen molar-refractivity contribution in [3.05, 3.63) is 35.4 Å². The molecule has 0 aromatic heterocycles. The van der Waals surface area contributed by atoms with Crippen LogP contribution in [0.2, 0.25) is 0 Å². The Balaban J connectivity index is 1.95. The average Bonchev–Trinajstić information content (AvgIpc) is 2.39. The Morgan fingerprint density at radius 3 is 2.72 bits per heavy atom. The molecule has 1 N–H and O–H groups in total. The lowest BCUT2D eigenvalue weighted by Crippen LogP contribution is -2.33. The van der Waals surface area contributed by atoms with Crippen LogP contribution in [0.15, 0.2) is 24.3 Å². The number of nitrogens with one attached hydrogen (secondary N) is 1. The molecular weight excluding hydrogens is 224 g/mol. The second-order valence-corrected chi connectivity index (χ2v) is 5.26. The van der Waals surface area contributed by atoms with Gasteiger partial charge in [0.25, 0.3) is 5.91 Å². The van der Waals surface area contributed by atoms with Crippen LogP contribution in [0.4, 0.5) is 0 Å².